The number of hydrogen-bond acceptors (Lipinski definition) is 3. The number of H-pyrrole nitrogens is 1. The highest BCUT2D eigenvalue weighted by Crippen LogP contribution is 2.20. The van der Waals surface area contributed by atoms with Crippen LogP contribution in [0, 0.1) is 19.8 Å². The Kier molecular flexibility index (Phi) is 5.56. The summed E-state index contributed by atoms with van der Waals surface area (Å²) in [5.41, 5.74) is 4.31. The maximum atomic E-state index is 12.4. The number of carbonyl (C=O) groups excluding carboxylic acids is 1. The molecule has 1 amide bonds. The summed E-state index contributed by atoms with van der Waals surface area (Å²) >= 11 is 3.41. The lowest BCUT2D eigenvalue weighted by Gasteiger charge is -2.13. The van der Waals surface area contributed by atoms with E-state index in [9.17, 15) is 4.79 Å². The van der Waals surface area contributed by atoms with Crippen LogP contribution in [0.15, 0.2) is 40.9 Å². The molecule has 7 heteroatoms. The van der Waals surface area contributed by atoms with Gasteiger partial charge in [-0.15, -0.1) is 0 Å². The molecule has 26 heavy (non-hydrogen) atoms. The van der Waals surface area contributed by atoms with Crippen molar-refractivity contribution in [2.24, 2.45) is 5.92 Å². The molecule has 0 radical (unpaired) electrons. The van der Waals surface area contributed by atoms with Crippen LogP contribution in [-0.4, -0.2) is 32.4 Å². The molecule has 1 unspecified atom stereocenters. The second-order valence-corrected chi connectivity index (χ2v) is 7.51. The molecule has 0 bridgehead atoms. The van der Waals surface area contributed by atoms with Crippen molar-refractivity contribution in [3.05, 3.63) is 58.0 Å². The van der Waals surface area contributed by atoms with E-state index in [-0.39, 0.29) is 11.8 Å². The van der Waals surface area contributed by atoms with Gasteiger partial charge in [-0.3, -0.25) is 14.6 Å². The normalized spacial score (nSPS) is 12.2. The Labute approximate surface area is 161 Å². The number of aromatic amines is 1. The monoisotopic (exact) mass is 415 g/mol. The molecule has 0 aliphatic carbocycles. The molecule has 0 saturated heterocycles. The molecule has 6 nitrogen and oxygen atoms in total. The molecule has 2 N–H and O–H groups in total. The molecule has 1 aromatic carbocycles. The van der Waals surface area contributed by atoms with Crippen LogP contribution in [0.5, 0.6) is 0 Å². The molecule has 2 aromatic heterocycles. The highest BCUT2D eigenvalue weighted by Gasteiger charge is 2.13. The van der Waals surface area contributed by atoms with Gasteiger partial charge in [-0.1, -0.05) is 35.0 Å². The van der Waals surface area contributed by atoms with E-state index < -0.39 is 0 Å². The van der Waals surface area contributed by atoms with Crippen LogP contribution in [0.4, 0.5) is 0 Å². The van der Waals surface area contributed by atoms with E-state index in [1.165, 1.54) is 0 Å². The average molecular weight is 416 g/mol. The summed E-state index contributed by atoms with van der Waals surface area (Å²) < 4.78 is 2.99. The second-order valence-electron chi connectivity index (χ2n) is 6.60. The minimum atomic E-state index is -0.152. The fourth-order valence-electron chi connectivity index (χ4n) is 2.79. The molecule has 1 atom stereocenters. The summed E-state index contributed by atoms with van der Waals surface area (Å²) in [4.78, 5) is 12.4. The zero-order chi connectivity index (χ0) is 18.7. The number of benzene rings is 1. The van der Waals surface area contributed by atoms with E-state index in [1.807, 2.05) is 42.8 Å². The molecule has 0 spiro atoms. The van der Waals surface area contributed by atoms with Crippen LogP contribution in [0.25, 0.3) is 11.3 Å². The molecule has 3 rings (SSSR count). The quantitative estimate of drug-likeness (QED) is 0.643. The smallest absolute Gasteiger partial charge is 0.269 e. The van der Waals surface area contributed by atoms with E-state index in [0.29, 0.717) is 12.2 Å². The maximum Gasteiger partial charge on any atom is 0.269 e. The third-order valence-corrected chi connectivity index (χ3v) is 4.69. The maximum absolute atomic E-state index is 12.4. The molecular formula is C19H22BrN5O. The summed E-state index contributed by atoms with van der Waals surface area (Å²) in [6.07, 6.45) is 0. The van der Waals surface area contributed by atoms with Crippen molar-refractivity contribution < 1.29 is 4.79 Å². The molecule has 0 aliphatic heterocycles. The van der Waals surface area contributed by atoms with Gasteiger partial charge in [0.15, 0.2) is 0 Å². The van der Waals surface area contributed by atoms with Crippen LogP contribution >= 0.6 is 15.9 Å². The molecule has 136 valence electrons. The SMILES string of the molecule is Cc1cc(C)n(CC(C)CNC(=O)c2cc(-c3ccc(Br)cc3)n[nH]2)n1. The van der Waals surface area contributed by atoms with Crippen molar-refractivity contribution >= 4 is 21.8 Å². The van der Waals surface area contributed by atoms with Gasteiger partial charge in [-0.25, -0.2) is 0 Å². The lowest BCUT2D eigenvalue weighted by molar-refractivity contribution is 0.0941. The molecule has 2 heterocycles. The fraction of sp³-hybridized carbons (Fsp3) is 0.316. The Morgan fingerprint density at radius 3 is 2.65 bits per heavy atom. The van der Waals surface area contributed by atoms with Crippen LogP contribution in [0.3, 0.4) is 0 Å². The van der Waals surface area contributed by atoms with Gasteiger partial charge < -0.3 is 5.32 Å². The number of nitrogens with zero attached hydrogens (tertiary/aromatic N) is 3. The Hall–Kier alpha value is -2.41. The van der Waals surface area contributed by atoms with Crippen molar-refractivity contribution in [3.8, 4) is 11.3 Å². The average Bonchev–Trinajstić information content (AvgIpc) is 3.20. The summed E-state index contributed by atoms with van der Waals surface area (Å²) in [6, 6.07) is 11.6. The fourth-order valence-corrected chi connectivity index (χ4v) is 3.05. The number of amides is 1. The van der Waals surface area contributed by atoms with Crippen molar-refractivity contribution in [1.82, 2.24) is 25.3 Å². The Morgan fingerprint density at radius 2 is 2.00 bits per heavy atom. The van der Waals surface area contributed by atoms with E-state index in [4.69, 9.17) is 0 Å². The topological polar surface area (TPSA) is 75.6 Å². The number of carbonyl (C=O) groups is 1. The number of rotatable bonds is 6. The van der Waals surface area contributed by atoms with Crippen molar-refractivity contribution in [2.75, 3.05) is 6.54 Å². The van der Waals surface area contributed by atoms with Crippen molar-refractivity contribution in [2.45, 2.75) is 27.3 Å². The summed E-state index contributed by atoms with van der Waals surface area (Å²) in [5, 5.41) is 14.5. The summed E-state index contributed by atoms with van der Waals surface area (Å²) in [7, 11) is 0. The summed E-state index contributed by atoms with van der Waals surface area (Å²) in [6.45, 7) is 7.46. The zero-order valence-electron chi connectivity index (χ0n) is 15.1. The molecule has 3 aromatic rings. The first kappa shape index (κ1) is 18.4. The van der Waals surface area contributed by atoms with Gasteiger partial charge >= 0.3 is 0 Å². The van der Waals surface area contributed by atoms with Gasteiger partial charge in [0.2, 0.25) is 0 Å². The minimum absolute atomic E-state index is 0.152. The molecule has 0 aliphatic rings. The van der Waals surface area contributed by atoms with Crippen LogP contribution < -0.4 is 5.32 Å². The van der Waals surface area contributed by atoms with Gasteiger partial charge in [0.25, 0.3) is 5.91 Å². The summed E-state index contributed by atoms with van der Waals surface area (Å²) in [5.74, 6) is 0.117. The van der Waals surface area contributed by atoms with Crippen molar-refractivity contribution in [1.29, 1.82) is 0 Å². The first-order chi connectivity index (χ1) is 12.4. The lowest BCUT2D eigenvalue weighted by atomic mass is 10.1. The van der Waals surface area contributed by atoms with Gasteiger partial charge in [0, 0.05) is 28.8 Å². The first-order valence-electron chi connectivity index (χ1n) is 8.53. The Morgan fingerprint density at radius 1 is 1.27 bits per heavy atom. The van der Waals surface area contributed by atoms with Crippen LogP contribution in [0.1, 0.15) is 28.8 Å². The highest BCUT2D eigenvalue weighted by molar-refractivity contribution is 9.10. The Bertz CT molecular complexity index is 897. The predicted octanol–water partition coefficient (Wildman–Crippen LogP) is 3.72. The van der Waals surface area contributed by atoms with E-state index in [2.05, 4.69) is 49.5 Å². The van der Waals surface area contributed by atoms with E-state index in [0.717, 1.165) is 33.7 Å². The van der Waals surface area contributed by atoms with Crippen molar-refractivity contribution in [3.63, 3.8) is 0 Å². The number of aromatic nitrogens is 4. The zero-order valence-corrected chi connectivity index (χ0v) is 16.7. The van der Waals surface area contributed by atoms with E-state index >= 15 is 0 Å². The first-order valence-corrected chi connectivity index (χ1v) is 9.32. The van der Waals surface area contributed by atoms with Gasteiger partial charge in [0.1, 0.15) is 5.69 Å². The van der Waals surface area contributed by atoms with Crippen LogP contribution in [0.2, 0.25) is 0 Å². The predicted molar refractivity (Wildman–Crippen MR) is 105 cm³/mol. The standard InChI is InChI=1S/C19H22BrN5O/c1-12(11-25-14(3)8-13(2)24-25)10-21-19(26)18-9-17(22-23-18)15-4-6-16(20)7-5-15/h4-9,12H,10-11H2,1-3H3,(H,21,26)(H,22,23). The van der Waals surface area contributed by atoms with Gasteiger partial charge in [-0.2, -0.15) is 10.2 Å². The lowest BCUT2D eigenvalue weighted by Crippen LogP contribution is -2.30. The molecule has 0 saturated carbocycles. The number of hydrogen-bond donors (Lipinski definition) is 2. The van der Waals surface area contributed by atoms with E-state index in [1.54, 1.807) is 6.07 Å². The van der Waals surface area contributed by atoms with Gasteiger partial charge in [0.05, 0.1) is 11.4 Å². The number of halogens is 1. The molecule has 0 fully saturated rings. The largest absolute Gasteiger partial charge is 0.350 e. The Balaban J connectivity index is 1.56. The number of nitrogens with one attached hydrogen (secondary N) is 2. The second kappa shape index (κ2) is 7.86. The third-order valence-electron chi connectivity index (χ3n) is 4.16. The minimum Gasteiger partial charge on any atom is -0.350 e. The third kappa shape index (κ3) is 4.40. The highest BCUT2D eigenvalue weighted by atomic mass is 79.9. The number of aryl methyl sites for hydroxylation is 2. The van der Waals surface area contributed by atoms with Crippen LogP contribution in [-0.2, 0) is 6.54 Å². The van der Waals surface area contributed by atoms with Gasteiger partial charge in [-0.05, 0) is 44.0 Å². The molecular weight excluding hydrogens is 394 g/mol.